The zero-order chi connectivity index (χ0) is 16.1. The molecule has 0 unspecified atom stereocenters. The van der Waals surface area contributed by atoms with Crippen molar-refractivity contribution in [1.82, 2.24) is 15.8 Å². The summed E-state index contributed by atoms with van der Waals surface area (Å²) < 4.78 is 0. The Bertz CT molecular complexity index is 731. The lowest BCUT2D eigenvalue weighted by molar-refractivity contribution is -0.385. The largest absolute Gasteiger partial charge is 0.273 e. The average Bonchev–Trinajstić information content (AvgIpc) is 2.53. The molecule has 2 amide bonds. The van der Waals surface area contributed by atoms with Crippen molar-refractivity contribution in [3.63, 3.8) is 0 Å². The lowest BCUT2D eigenvalue weighted by atomic mass is 10.1. The van der Waals surface area contributed by atoms with Gasteiger partial charge in [-0.1, -0.05) is 6.07 Å². The molecule has 112 valence electrons. The molecular weight excluding hydrogens is 288 g/mol. The second-order valence-electron chi connectivity index (χ2n) is 4.35. The van der Waals surface area contributed by atoms with Crippen LogP contribution in [0.2, 0.25) is 0 Å². The molecule has 0 bridgehead atoms. The lowest BCUT2D eigenvalue weighted by Gasteiger charge is -2.09. The molecule has 0 aliphatic rings. The third-order valence-corrected chi connectivity index (χ3v) is 2.98. The van der Waals surface area contributed by atoms with Crippen molar-refractivity contribution in [2.24, 2.45) is 0 Å². The maximum absolute atomic E-state index is 12.0. The number of rotatable bonds is 3. The fourth-order valence-electron chi connectivity index (χ4n) is 1.82. The van der Waals surface area contributed by atoms with Gasteiger partial charge in [-0.3, -0.25) is 35.5 Å². The molecule has 2 rings (SSSR count). The summed E-state index contributed by atoms with van der Waals surface area (Å²) >= 11 is 0. The van der Waals surface area contributed by atoms with E-state index in [0.717, 1.165) is 0 Å². The second kappa shape index (κ2) is 6.44. The highest BCUT2D eigenvalue weighted by Crippen LogP contribution is 2.20. The quantitative estimate of drug-likeness (QED) is 0.656. The number of aromatic nitrogens is 1. The van der Waals surface area contributed by atoms with Gasteiger partial charge in [0, 0.05) is 29.6 Å². The van der Waals surface area contributed by atoms with Crippen molar-refractivity contribution in [3.05, 3.63) is 69.5 Å². The number of hydrazine groups is 1. The highest BCUT2D eigenvalue weighted by Gasteiger charge is 2.18. The van der Waals surface area contributed by atoms with E-state index in [1.54, 1.807) is 0 Å². The summed E-state index contributed by atoms with van der Waals surface area (Å²) in [7, 11) is 0. The van der Waals surface area contributed by atoms with Gasteiger partial charge < -0.3 is 0 Å². The van der Waals surface area contributed by atoms with Crippen LogP contribution in [-0.2, 0) is 0 Å². The van der Waals surface area contributed by atoms with Crippen molar-refractivity contribution >= 4 is 17.5 Å². The molecule has 0 spiro atoms. The molecule has 0 fully saturated rings. The van der Waals surface area contributed by atoms with Crippen LogP contribution in [-0.4, -0.2) is 21.7 Å². The summed E-state index contributed by atoms with van der Waals surface area (Å²) in [6.07, 6.45) is 2.89. The van der Waals surface area contributed by atoms with Crippen LogP contribution in [0.4, 0.5) is 5.69 Å². The normalized spacial score (nSPS) is 9.86. The lowest BCUT2D eigenvalue weighted by Crippen LogP contribution is -2.41. The number of carbonyl (C=O) groups is 2. The molecule has 0 saturated heterocycles. The first-order valence-electron chi connectivity index (χ1n) is 6.25. The van der Waals surface area contributed by atoms with Crippen molar-refractivity contribution in [1.29, 1.82) is 0 Å². The van der Waals surface area contributed by atoms with Gasteiger partial charge >= 0.3 is 0 Å². The first kappa shape index (κ1) is 15.1. The van der Waals surface area contributed by atoms with Crippen molar-refractivity contribution < 1.29 is 14.5 Å². The van der Waals surface area contributed by atoms with Gasteiger partial charge in [-0.15, -0.1) is 0 Å². The Morgan fingerprint density at radius 1 is 1.09 bits per heavy atom. The summed E-state index contributed by atoms with van der Waals surface area (Å²) in [6, 6.07) is 7.13. The van der Waals surface area contributed by atoms with Crippen molar-refractivity contribution in [2.45, 2.75) is 6.92 Å². The summed E-state index contributed by atoms with van der Waals surface area (Å²) in [5, 5.41) is 10.8. The molecule has 1 aromatic heterocycles. The number of carbonyl (C=O) groups excluding carboxylic acids is 2. The zero-order valence-electron chi connectivity index (χ0n) is 11.6. The third-order valence-electron chi connectivity index (χ3n) is 2.98. The maximum Gasteiger partial charge on any atom is 0.273 e. The Balaban J connectivity index is 2.09. The van der Waals surface area contributed by atoms with Gasteiger partial charge in [-0.05, 0) is 25.1 Å². The van der Waals surface area contributed by atoms with Gasteiger partial charge in [0.1, 0.15) is 0 Å². The topological polar surface area (TPSA) is 114 Å². The molecule has 0 saturated carbocycles. The molecule has 8 nitrogen and oxygen atoms in total. The minimum atomic E-state index is -0.636. The molecule has 1 aromatic carbocycles. The van der Waals surface area contributed by atoms with E-state index >= 15 is 0 Å². The molecular formula is C14H12N4O4. The van der Waals surface area contributed by atoms with Gasteiger partial charge in [0.15, 0.2) is 0 Å². The van der Waals surface area contributed by atoms with Gasteiger partial charge in [0.25, 0.3) is 17.5 Å². The Kier molecular flexibility index (Phi) is 4.42. The molecule has 0 aliphatic heterocycles. The average molecular weight is 300 g/mol. The minimum Gasteiger partial charge on any atom is -0.267 e. The second-order valence-corrected chi connectivity index (χ2v) is 4.35. The highest BCUT2D eigenvalue weighted by molar-refractivity contribution is 6.00. The SMILES string of the molecule is Cc1c(C(=O)NNC(=O)c2ccncc2)cccc1[N+](=O)[O-]. The first-order valence-corrected chi connectivity index (χ1v) is 6.25. The number of nitro groups is 1. The molecule has 8 heteroatoms. The Hall–Kier alpha value is -3.29. The van der Waals surface area contributed by atoms with E-state index in [9.17, 15) is 19.7 Å². The summed E-state index contributed by atoms with van der Waals surface area (Å²) in [4.78, 5) is 37.8. The number of nitrogens with zero attached hydrogens (tertiary/aromatic N) is 2. The fourth-order valence-corrected chi connectivity index (χ4v) is 1.82. The number of amides is 2. The van der Waals surface area contributed by atoms with Crippen molar-refractivity contribution in [2.75, 3.05) is 0 Å². The Morgan fingerprint density at radius 2 is 1.73 bits per heavy atom. The van der Waals surface area contributed by atoms with Gasteiger partial charge in [0.05, 0.1) is 10.5 Å². The summed E-state index contributed by atoms with van der Waals surface area (Å²) in [5.74, 6) is -1.15. The van der Waals surface area contributed by atoms with Gasteiger partial charge in [-0.25, -0.2) is 0 Å². The molecule has 0 atom stereocenters. The summed E-state index contributed by atoms with van der Waals surface area (Å²) in [6.45, 7) is 1.47. The maximum atomic E-state index is 12.0. The zero-order valence-corrected chi connectivity index (χ0v) is 11.6. The predicted molar refractivity (Wildman–Crippen MR) is 77.0 cm³/mol. The van der Waals surface area contributed by atoms with E-state index in [-0.39, 0.29) is 16.8 Å². The first-order chi connectivity index (χ1) is 10.5. The molecule has 1 heterocycles. The van der Waals surface area contributed by atoms with Gasteiger partial charge in [-0.2, -0.15) is 0 Å². The number of nitrogens with one attached hydrogen (secondary N) is 2. The summed E-state index contributed by atoms with van der Waals surface area (Å²) in [5.41, 5.74) is 4.97. The molecule has 0 radical (unpaired) electrons. The number of hydrogen-bond donors (Lipinski definition) is 2. The van der Waals surface area contributed by atoms with E-state index in [1.807, 2.05) is 0 Å². The fraction of sp³-hybridized carbons (Fsp3) is 0.0714. The van der Waals surface area contributed by atoms with Crippen molar-refractivity contribution in [3.8, 4) is 0 Å². The smallest absolute Gasteiger partial charge is 0.267 e. The van der Waals surface area contributed by atoms with Crippen LogP contribution in [0.3, 0.4) is 0 Å². The number of pyridine rings is 1. The number of hydrogen-bond acceptors (Lipinski definition) is 5. The monoisotopic (exact) mass is 300 g/mol. The van der Waals surface area contributed by atoms with Crippen LogP contribution in [0.25, 0.3) is 0 Å². The highest BCUT2D eigenvalue weighted by atomic mass is 16.6. The molecule has 2 N–H and O–H groups in total. The number of benzene rings is 1. The van der Waals surface area contributed by atoms with Crippen LogP contribution >= 0.6 is 0 Å². The van der Waals surface area contributed by atoms with E-state index in [1.165, 1.54) is 49.6 Å². The predicted octanol–water partition coefficient (Wildman–Crippen LogP) is 1.37. The molecule has 22 heavy (non-hydrogen) atoms. The number of nitro benzene ring substituents is 1. The van der Waals surface area contributed by atoms with E-state index in [0.29, 0.717) is 5.56 Å². The Labute approximate surface area is 125 Å². The Morgan fingerprint density at radius 3 is 2.36 bits per heavy atom. The standard InChI is InChI=1S/C14H12N4O4/c1-9-11(3-2-4-12(9)18(21)22)14(20)17-16-13(19)10-5-7-15-8-6-10/h2-8H,1H3,(H,16,19)(H,17,20). The van der Waals surface area contributed by atoms with E-state index in [2.05, 4.69) is 15.8 Å². The van der Waals surface area contributed by atoms with Crippen LogP contribution in [0.1, 0.15) is 26.3 Å². The molecule has 2 aromatic rings. The van der Waals surface area contributed by atoms with E-state index < -0.39 is 16.7 Å². The van der Waals surface area contributed by atoms with Gasteiger partial charge in [0.2, 0.25) is 0 Å². The third kappa shape index (κ3) is 3.23. The molecule has 0 aliphatic carbocycles. The van der Waals surface area contributed by atoms with Crippen LogP contribution in [0, 0.1) is 17.0 Å². The van der Waals surface area contributed by atoms with Crippen LogP contribution < -0.4 is 10.9 Å². The van der Waals surface area contributed by atoms with Crippen LogP contribution in [0.5, 0.6) is 0 Å². The minimum absolute atomic E-state index is 0.115. The van der Waals surface area contributed by atoms with Crippen LogP contribution in [0.15, 0.2) is 42.7 Å². The van der Waals surface area contributed by atoms with E-state index in [4.69, 9.17) is 0 Å².